The molecule has 0 spiro atoms. The summed E-state index contributed by atoms with van der Waals surface area (Å²) in [6, 6.07) is 17.8. The van der Waals surface area contributed by atoms with Crippen LogP contribution in [-0.4, -0.2) is 28.9 Å². The molecule has 39 heavy (non-hydrogen) atoms. The monoisotopic (exact) mass is 552 g/mol. The van der Waals surface area contributed by atoms with Crippen LogP contribution in [0.2, 0.25) is 0 Å². The lowest BCUT2D eigenvalue weighted by Crippen LogP contribution is -2.30. The van der Waals surface area contributed by atoms with Crippen LogP contribution in [0.15, 0.2) is 72.9 Å². The van der Waals surface area contributed by atoms with Gasteiger partial charge in [0.15, 0.2) is 5.11 Å². The number of hydrogen-bond acceptors (Lipinski definition) is 4. The number of rotatable bonds is 6. The first kappa shape index (κ1) is 26.6. The molecule has 0 amide bonds. The Balaban J connectivity index is 1.72. The van der Waals surface area contributed by atoms with Gasteiger partial charge in [0.05, 0.1) is 48.9 Å². The molecule has 0 bridgehead atoms. The molecule has 1 saturated heterocycles. The van der Waals surface area contributed by atoms with Crippen LogP contribution >= 0.6 is 12.2 Å². The fourth-order valence-corrected chi connectivity index (χ4v) is 5.62. The summed E-state index contributed by atoms with van der Waals surface area (Å²) in [7, 11) is 3.14. The molecule has 6 nitrogen and oxygen atoms in total. The summed E-state index contributed by atoms with van der Waals surface area (Å²) < 4.78 is 54.7. The molecule has 0 aliphatic carbocycles. The van der Waals surface area contributed by atoms with Crippen molar-refractivity contribution in [2.24, 2.45) is 0 Å². The molecule has 2 aromatic carbocycles. The van der Waals surface area contributed by atoms with Gasteiger partial charge >= 0.3 is 6.18 Å². The van der Waals surface area contributed by atoms with Crippen molar-refractivity contribution >= 4 is 23.0 Å². The Morgan fingerprint density at radius 1 is 0.923 bits per heavy atom. The molecule has 0 radical (unpaired) electrons. The molecule has 1 N–H and O–H groups in total. The van der Waals surface area contributed by atoms with Crippen LogP contribution < -0.4 is 19.7 Å². The number of hydrogen-bond donors (Lipinski definition) is 1. The molecule has 1 fully saturated rings. The Bertz CT molecular complexity index is 1520. The van der Waals surface area contributed by atoms with Crippen molar-refractivity contribution in [3.05, 3.63) is 101 Å². The molecule has 202 valence electrons. The third-order valence-electron chi connectivity index (χ3n) is 6.98. The lowest BCUT2D eigenvalue weighted by molar-refractivity contribution is -0.137. The highest BCUT2D eigenvalue weighted by Crippen LogP contribution is 2.47. The van der Waals surface area contributed by atoms with E-state index in [2.05, 4.69) is 10.3 Å². The zero-order valence-corrected chi connectivity index (χ0v) is 22.6. The number of halogens is 3. The van der Waals surface area contributed by atoms with Crippen LogP contribution in [0.3, 0.4) is 0 Å². The SMILES string of the molecule is COc1ccc(N2C(=S)N[C@H](c3ccccn3)[C@H]2c2cc(C)n(-c3ccccc3C(F)(F)F)c2C)c(OC)c1. The van der Waals surface area contributed by atoms with Gasteiger partial charge in [0, 0.05) is 23.7 Å². The number of nitrogens with zero attached hydrogens (tertiary/aromatic N) is 3. The average molecular weight is 553 g/mol. The van der Waals surface area contributed by atoms with Crippen molar-refractivity contribution in [3.63, 3.8) is 0 Å². The fraction of sp³-hybridized carbons (Fsp3) is 0.241. The Kier molecular flexibility index (Phi) is 6.98. The maximum atomic E-state index is 14.0. The number of aryl methyl sites for hydroxylation is 1. The molecule has 1 aliphatic heterocycles. The molecular formula is C29H27F3N4O2S. The smallest absolute Gasteiger partial charge is 0.418 e. The molecule has 2 atom stereocenters. The minimum Gasteiger partial charge on any atom is -0.497 e. The van der Waals surface area contributed by atoms with Crippen LogP contribution in [0.4, 0.5) is 18.9 Å². The van der Waals surface area contributed by atoms with Crippen molar-refractivity contribution in [2.45, 2.75) is 32.1 Å². The Hall–Kier alpha value is -4.05. The topological polar surface area (TPSA) is 51.5 Å². The molecule has 1 aliphatic rings. The summed E-state index contributed by atoms with van der Waals surface area (Å²) >= 11 is 5.84. The third kappa shape index (κ3) is 4.69. The van der Waals surface area contributed by atoms with Gasteiger partial charge in [-0.2, -0.15) is 13.2 Å². The number of alkyl halides is 3. The van der Waals surface area contributed by atoms with Crippen LogP contribution in [0, 0.1) is 13.8 Å². The first-order chi connectivity index (χ1) is 18.7. The number of anilines is 1. The van der Waals surface area contributed by atoms with E-state index >= 15 is 0 Å². The van der Waals surface area contributed by atoms with E-state index in [0.717, 1.165) is 17.3 Å². The van der Waals surface area contributed by atoms with E-state index in [1.807, 2.05) is 48.2 Å². The maximum absolute atomic E-state index is 14.0. The quantitative estimate of drug-likeness (QED) is 0.269. The molecular weight excluding hydrogens is 525 g/mol. The fourth-order valence-electron chi connectivity index (χ4n) is 5.28. The lowest BCUT2D eigenvalue weighted by atomic mass is 9.96. The minimum atomic E-state index is -4.50. The average Bonchev–Trinajstić information content (AvgIpc) is 3.42. The number of benzene rings is 2. The van der Waals surface area contributed by atoms with Gasteiger partial charge in [-0.25, -0.2) is 0 Å². The van der Waals surface area contributed by atoms with Gasteiger partial charge in [-0.15, -0.1) is 0 Å². The normalized spacial score (nSPS) is 17.3. The van der Waals surface area contributed by atoms with Crippen molar-refractivity contribution in [2.75, 3.05) is 19.1 Å². The van der Waals surface area contributed by atoms with Gasteiger partial charge in [0.1, 0.15) is 11.5 Å². The summed E-state index contributed by atoms with van der Waals surface area (Å²) in [5.41, 5.74) is 2.96. The van der Waals surface area contributed by atoms with Gasteiger partial charge in [-0.3, -0.25) is 4.98 Å². The number of thiocarbonyl (C=S) groups is 1. The maximum Gasteiger partial charge on any atom is 0.418 e. The zero-order chi connectivity index (χ0) is 27.9. The summed E-state index contributed by atoms with van der Waals surface area (Å²) in [5.74, 6) is 1.16. The number of ether oxygens (including phenoxy) is 2. The Morgan fingerprint density at radius 2 is 1.67 bits per heavy atom. The van der Waals surface area contributed by atoms with Crippen molar-refractivity contribution in [1.82, 2.24) is 14.9 Å². The number of aromatic nitrogens is 2. The zero-order valence-electron chi connectivity index (χ0n) is 21.8. The minimum absolute atomic E-state index is 0.0720. The summed E-state index contributed by atoms with van der Waals surface area (Å²) in [6.07, 6.45) is -2.80. The second-order valence-corrected chi connectivity index (χ2v) is 9.60. The molecule has 10 heteroatoms. The first-order valence-electron chi connectivity index (χ1n) is 12.2. The highest BCUT2D eigenvalue weighted by molar-refractivity contribution is 7.80. The highest BCUT2D eigenvalue weighted by Gasteiger charge is 2.43. The highest BCUT2D eigenvalue weighted by atomic mass is 32.1. The Labute approximate surface area is 230 Å². The summed E-state index contributed by atoms with van der Waals surface area (Å²) in [6.45, 7) is 3.63. The number of methoxy groups -OCH3 is 2. The van der Waals surface area contributed by atoms with E-state index < -0.39 is 17.8 Å². The van der Waals surface area contributed by atoms with E-state index in [9.17, 15) is 13.2 Å². The predicted molar refractivity (Wildman–Crippen MR) is 148 cm³/mol. The second kappa shape index (κ2) is 10.3. The number of para-hydroxylation sites is 1. The van der Waals surface area contributed by atoms with Gasteiger partial charge < -0.3 is 24.3 Å². The van der Waals surface area contributed by atoms with Gasteiger partial charge in [-0.1, -0.05) is 18.2 Å². The van der Waals surface area contributed by atoms with Gasteiger partial charge in [-0.05, 0) is 74.1 Å². The number of pyridine rings is 1. The molecule has 2 aromatic heterocycles. The van der Waals surface area contributed by atoms with Crippen LogP contribution in [0.25, 0.3) is 5.69 Å². The van der Waals surface area contributed by atoms with Crippen LogP contribution in [0.1, 0.15) is 40.3 Å². The van der Waals surface area contributed by atoms with Crippen molar-refractivity contribution in [3.8, 4) is 17.2 Å². The molecule has 4 aromatic rings. The lowest BCUT2D eigenvalue weighted by Gasteiger charge is -2.29. The van der Waals surface area contributed by atoms with E-state index in [-0.39, 0.29) is 11.7 Å². The van der Waals surface area contributed by atoms with Gasteiger partial charge in [0.25, 0.3) is 0 Å². The molecule has 5 rings (SSSR count). The largest absolute Gasteiger partial charge is 0.497 e. The molecule has 3 heterocycles. The Morgan fingerprint density at radius 3 is 2.33 bits per heavy atom. The first-order valence-corrected chi connectivity index (χ1v) is 12.6. The van der Waals surface area contributed by atoms with E-state index in [1.165, 1.54) is 12.1 Å². The second-order valence-electron chi connectivity index (χ2n) is 9.21. The predicted octanol–water partition coefficient (Wildman–Crippen LogP) is 6.70. The van der Waals surface area contributed by atoms with Crippen LogP contribution in [-0.2, 0) is 6.18 Å². The molecule has 0 saturated carbocycles. The van der Waals surface area contributed by atoms with Crippen LogP contribution in [0.5, 0.6) is 11.5 Å². The van der Waals surface area contributed by atoms with Crippen molar-refractivity contribution in [1.29, 1.82) is 0 Å². The van der Waals surface area contributed by atoms with E-state index in [1.54, 1.807) is 44.0 Å². The number of nitrogens with one attached hydrogen (secondary N) is 1. The standard InChI is InChI=1S/C29H27F3N4O2S/c1-17-15-20(18(2)35(17)23-11-6-5-9-21(23)29(30,31)32)27-26(22-10-7-8-14-33-22)34-28(39)36(27)24-13-12-19(37-3)16-25(24)38-4/h5-16,26-27H,1-4H3,(H,34,39)/t26-,27-/m1/s1. The van der Waals surface area contributed by atoms with E-state index in [4.69, 9.17) is 21.7 Å². The summed E-state index contributed by atoms with van der Waals surface area (Å²) in [4.78, 5) is 6.52. The van der Waals surface area contributed by atoms with Gasteiger partial charge in [0.2, 0.25) is 0 Å². The van der Waals surface area contributed by atoms with Crippen molar-refractivity contribution < 1.29 is 22.6 Å². The van der Waals surface area contributed by atoms with E-state index in [0.29, 0.717) is 33.7 Å². The molecule has 0 unspecified atom stereocenters. The summed E-state index contributed by atoms with van der Waals surface area (Å²) in [5, 5.41) is 3.84. The third-order valence-corrected chi connectivity index (χ3v) is 7.30.